The summed E-state index contributed by atoms with van der Waals surface area (Å²) in [5.41, 5.74) is 0. The summed E-state index contributed by atoms with van der Waals surface area (Å²) in [5.74, 6) is 0.267. The molecular weight excluding hydrogens is 102 g/mol. The van der Waals surface area contributed by atoms with E-state index in [4.69, 9.17) is 10.1 Å². The average molecular weight is 113 g/mol. The van der Waals surface area contributed by atoms with Crippen LogP contribution in [0, 0.1) is 5.41 Å². The highest BCUT2D eigenvalue weighted by Crippen LogP contribution is 1.77. The van der Waals surface area contributed by atoms with Crippen molar-refractivity contribution in [3.8, 4) is 0 Å². The van der Waals surface area contributed by atoms with E-state index in [9.17, 15) is 0 Å². The Kier molecular flexibility index (Phi) is 3.94. The van der Waals surface area contributed by atoms with Crippen LogP contribution >= 0.6 is 0 Å². The molecule has 2 heteroatoms. The van der Waals surface area contributed by atoms with Crippen molar-refractivity contribution in [1.82, 2.24) is 0 Å². The second-order valence-electron chi connectivity index (χ2n) is 1.44. The predicted octanol–water partition coefficient (Wildman–Crippen LogP) is 1.58. The van der Waals surface area contributed by atoms with Crippen LogP contribution in [0.1, 0.15) is 13.8 Å². The third kappa shape index (κ3) is 5.21. The largest absolute Gasteiger partial charge is 0.477 e. The molecule has 0 aromatic heterocycles. The van der Waals surface area contributed by atoms with Crippen LogP contribution in [-0.4, -0.2) is 12.5 Å². The van der Waals surface area contributed by atoms with Gasteiger partial charge in [-0.3, -0.25) is 5.41 Å². The molecule has 0 aromatic carbocycles. The first-order valence-corrected chi connectivity index (χ1v) is 2.56. The van der Waals surface area contributed by atoms with Crippen molar-refractivity contribution in [2.45, 2.75) is 13.8 Å². The summed E-state index contributed by atoms with van der Waals surface area (Å²) in [4.78, 5) is 0. The van der Waals surface area contributed by atoms with E-state index < -0.39 is 0 Å². The smallest absolute Gasteiger partial charge is 0.177 e. The topological polar surface area (TPSA) is 33.1 Å². The van der Waals surface area contributed by atoms with Gasteiger partial charge < -0.3 is 4.74 Å². The second kappa shape index (κ2) is 4.37. The molecule has 1 N–H and O–H groups in total. The summed E-state index contributed by atoms with van der Waals surface area (Å²) in [5, 5.41) is 6.82. The molecule has 0 heterocycles. The van der Waals surface area contributed by atoms with Gasteiger partial charge >= 0.3 is 0 Å². The van der Waals surface area contributed by atoms with Crippen molar-refractivity contribution in [2.75, 3.05) is 6.61 Å². The lowest BCUT2D eigenvalue weighted by molar-refractivity contribution is 0.344. The third-order valence-corrected chi connectivity index (χ3v) is 0.632. The Labute approximate surface area is 49.7 Å². The Morgan fingerprint density at radius 1 is 1.75 bits per heavy atom. The summed E-state index contributed by atoms with van der Waals surface area (Å²) in [6.07, 6.45) is 3.75. The molecule has 0 rings (SSSR count). The highest BCUT2D eigenvalue weighted by molar-refractivity contribution is 5.69. The van der Waals surface area contributed by atoms with Gasteiger partial charge in [0.1, 0.15) is 6.61 Å². The van der Waals surface area contributed by atoms with Crippen LogP contribution in [0.4, 0.5) is 0 Å². The Bertz CT molecular complexity index is 96.7. The first kappa shape index (κ1) is 7.21. The van der Waals surface area contributed by atoms with Gasteiger partial charge in [-0.05, 0) is 6.92 Å². The molecule has 0 aliphatic rings. The molecule has 8 heavy (non-hydrogen) atoms. The van der Waals surface area contributed by atoms with Crippen LogP contribution in [0.5, 0.6) is 0 Å². The number of hydrogen-bond acceptors (Lipinski definition) is 2. The molecule has 0 bridgehead atoms. The van der Waals surface area contributed by atoms with Gasteiger partial charge in [-0.2, -0.15) is 0 Å². The van der Waals surface area contributed by atoms with Gasteiger partial charge in [-0.25, -0.2) is 0 Å². The van der Waals surface area contributed by atoms with Crippen molar-refractivity contribution >= 4 is 5.90 Å². The lowest BCUT2D eigenvalue weighted by Gasteiger charge is -1.95. The minimum atomic E-state index is 0.267. The van der Waals surface area contributed by atoms with Crippen LogP contribution in [0.25, 0.3) is 0 Å². The van der Waals surface area contributed by atoms with Crippen LogP contribution in [-0.2, 0) is 4.74 Å². The van der Waals surface area contributed by atoms with Gasteiger partial charge in [0.05, 0.1) is 0 Å². The Balaban J connectivity index is 3.05. The zero-order chi connectivity index (χ0) is 6.41. The fourth-order valence-electron chi connectivity index (χ4n) is 0.269. The molecule has 0 unspecified atom stereocenters. The van der Waals surface area contributed by atoms with Gasteiger partial charge in [-0.1, -0.05) is 12.2 Å². The zero-order valence-corrected chi connectivity index (χ0v) is 5.27. The molecule has 0 fully saturated rings. The van der Waals surface area contributed by atoms with Gasteiger partial charge in [-0.15, -0.1) is 0 Å². The first-order valence-electron chi connectivity index (χ1n) is 2.56. The zero-order valence-electron chi connectivity index (χ0n) is 5.27. The minimum absolute atomic E-state index is 0.267. The van der Waals surface area contributed by atoms with E-state index in [1.54, 1.807) is 6.92 Å². The normalized spacial score (nSPS) is 9.75. The summed E-state index contributed by atoms with van der Waals surface area (Å²) in [7, 11) is 0. The molecule has 0 aliphatic carbocycles. The fourth-order valence-corrected chi connectivity index (χ4v) is 0.269. The van der Waals surface area contributed by atoms with Gasteiger partial charge in [0.15, 0.2) is 5.90 Å². The van der Waals surface area contributed by atoms with E-state index in [0.29, 0.717) is 6.61 Å². The summed E-state index contributed by atoms with van der Waals surface area (Å²) in [6, 6.07) is 0. The fraction of sp³-hybridized carbons (Fsp3) is 0.500. The quantitative estimate of drug-likeness (QED) is 0.329. The molecule has 0 saturated heterocycles. The average Bonchev–Trinajstić information content (AvgIpc) is 1.66. The lowest BCUT2D eigenvalue weighted by atomic mass is 10.5. The molecule has 0 saturated carbocycles. The molecule has 0 atom stereocenters. The number of hydrogen-bond donors (Lipinski definition) is 1. The number of nitrogens with one attached hydrogen (secondary N) is 1. The molecule has 0 aromatic rings. The van der Waals surface area contributed by atoms with Crippen LogP contribution in [0.2, 0.25) is 0 Å². The molecular formula is C6H11NO. The monoisotopic (exact) mass is 113 g/mol. The highest BCUT2D eigenvalue weighted by atomic mass is 16.5. The molecule has 0 amide bonds. The summed E-state index contributed by atoms with van der Waals surface area (Å²) >= 11 is 0. The maximum absolute atomic E-state index is 6.82. The molecule has 46 valence electrons. The van der Waals surface area contributed by atoms with Crippen LogP contribution in [0.15, 0.2) is 12.2 Å². The minimum Gasteiger partial charge on any atom is -0.477 e. The molecule has 2 nitrogen and oxygen atoms in total. The van der Waals surface area contributed by atoms with E-state index in [2.05, 4.69) is 0 Å². The maximum atomic E-state index is 6.82. The van der Waals surface area contributed by atoms with E-state index >= 15 is 0 Å². The van der Waals surface area contributed by atoms with Crippen molar-refractivity contribution in [3.05, 3.63) is 12.2 Å². The van der Waals surface area contributed by atoms with Crippen LogP contribution < -0.4 is 0 Å². The number of rotatable bonds is 2. The third-order valence-electron chi connectivity index (χ3n) is 0.632. The first-order chi connectivity index (χ1) is 3.77. The Morgan fingerprint density at radius 3 is 2.75 bits per heavy atom. The number of allylic oxidation sites excluding steroid dienone is 1. The maximum Gasteiger partial charge on any atom is 0.177 e. The standard InChI is InChI=1S/C6H11NO/c1-3-4-5-8-6(2)7/h3-4,7H,5H2,1-2H3/b4-3+,7-6?. The predicted molar refractivity (Wildman–Crippen MR) is 34.2 cm³/mol. The van der Waals surface area contributed by atoms with Crippen molar-refractivity contribution in [2.24, 2.45) is 0 Å². The van der Waals surface area contributed by atoms with Gasteiger partial charge in [0.25, 0.3) is 0 Å². The molecule has 0 aliphatic heterocycles. The van der Waals surface area contributed by atoms with E-state index in [-0.39, 0.29) is 5.90 Å². The molecule has 0 radical (unpaired) electrons. The molecule has 0 spiro atoms. The van der Waals surface area contributed by atoms with Crippen molar-refractivity contribution in [3.63, 3.8) is 0 Å². The van der Waals surface area contributed by atoms with Crippen molar-refractivity contribution < 1.29 is 4.74 Å². The van der Waals surface area contributed by atoms with E-state index in [0.717, 1.165) is 0 Å². The van der Waals surface area contributed by atoms with E-state index in [1.807, 2.05) is 19.1 Å². The van der Waals surface area contributed by atoms with Gasteiger partial charge in [0, 0.05) is 6.92 Å². The van der Waals surface area contributed by atoms with Crippen LogP contribution in [0.3, 0.4) is 0 Å². The van der Waals surface area contributed by atoms with E-state index in [1.165, 1.54) is 0 Å². The van der Waals surface area contributed by atoms with Gasteiger partial charge in [0.2, 0.25) is 0 Å². The van der Waals surface area contributed by atoms with Crippen molar-refractivity contribution in [1.29, 1.82) is 5.41 Å². The lowest BCUT2D eigenvalue weighted by Crippen LogP contribution is -1.95. The summed E-state index contributed by atoms with van der Waals surface area (Å²) in [6.45, 7) is 4.05. The summed E-state index contributed by atoms with van der Waals surface area (Å²) < 4.78 is 4.78. The Morgan fingerprint density at radius 2 is 2.38 bits per heavy atom. The SMILES string of the molecule is C/C=C/COC(C)=N. The number of ether oxygens (including phenoxy) is 1. The highest BCUT2D eigenvalue weighted by Gasteiger charge is 1.79. The second-order valence-corrected chi connectivity index (χ2v) is 1.44. The Hall–Kier alpha value is -0.790.